The van der Waals surface area contributed by atoms with Crippen molar-refractivity contribution in [2.75, 3.05) is 5.32 Å². The number of hydrogen-bond donors (Lipinski definition) is 1. The van der Waals surface area contributed by atoms with Crippen LogP contribution in [-0.4, -0.2) is 10.5 Å². The Kier molecular flexibility index (Phi) is 3.46. The SMILES string of the molecule is O=C(Cl)c1ccc2c(c1)Nc1ccc(C(=O)Cl)cc1S2. The van der Waals surface area contributed by atoms with Gasteiger partial charge in [0.15, 0.2) is 0 Å². The molecule has 0 aliphatic carbocycles. The van der Waals surface area contributed by atoms with Crippen LogP contribution in [0.2, 0.25) is 0 Å². The molecule has 0 amide bonds. The lowest BCUT2D eigenvalue weighted by Gasteiger charge is -2.21. The summed E-state index contributed by atoms with van der Waals surface area (Å²) in [4.78, 5) is 24.2. The number of fused-ring (bicyclic) bond motifs is 2. The summed E-state index contributed by atoms with van der Waals surface area (Å²) in [6.07, 6.45) is 0. The van der Waals surface area contributed by atoms with Gasteiger partial charge in [-0.05, 0) is 59.6 Å². The number of benzene rings is 2. The molecule has 0 saturated heterocycles. The monoisotopic (exact) mass is 323 g/mol. The summed E-state index contributed by atoms with van der Waals surface area (Å²) in [6.45, 7) is 0. The lowest BCUT2D eigenvalue weighted by Crippen LogP contribution is -2.02. The fraction of sp³-hybridized carbons (Fsp3) is 0. The third kappa shape index (κ3) is 2.42. The van der Waals surface area contributed by atoms with Crippen molar-refractivity contribution in [1.29, 1.82) is 0 Å². The van der Waals surface area contributed by atoms with Gasteiger partial charge in [0.05, 0.1) is 11.4 Å². The Balaban J connectivity index is 2.02. The van der Waals surface area contributed by atoms with E-state index in [4.69, 9.17) is 23.2 Å². The van der Waals surface area contributed by atoms with Crippen LogP contribution >= 0.6 is 35.0 Å². The van der Waals surface area contributed by atoms with Gasteiger partial charge in [0.25, 0.3) is 10.5 Å². The van der Waals surface area contributed by atoms with E-state index in [0.29, 0.717) is 11.1 Å². The summed E-state index contributed by atoms with van der Waals surface area (Å²) >= 11 is 12.5. The molecule has 6 heteroatoms. The first-order valence-corrected chi connectivity index (χ1v) is 7.24. The molecule has 0 radical (unpaired) electrons. The summed E-state index contributed by atoms with van der Waals surface area (Å²) in [6, 6.07) is 10.4. The Morgan fingerprint density at radius 3 is 2.20 bits per heavy atom. The Hall–Kier alpha value is -1.49. The quantitative estimate of drug-likeness (QED) is 0.697. The highest BCUT2D eigenvalue weighted by molar-refractivity contribution is 7.99. The molecule has 0 fully saturated rings. The van der Waals surface area contributed by atoms with Crippen LogP contribution in [0.3, 0.4) is 0 Å². The third-order valence-electron chi connectivity index (χ3n) is 2.90. The lowest BCUT2D eigenvalue weighted by atomic mass is 10.2. The van der Waals surface area contributed by atoms with Crippen LogP contribution in [0.25, 0.3) is 0 Å². The van der Waals surface area contributed by atoms with Gasteiger partial charge < -0.3 is 5.32 Å². The Labute approximate surface area is 129 Å². The number of nitrogens with one attached hydrogen (secondary N) is 1. The second-order valence-electron chi connectivity index (χ2n) is 4.20. The van der Waals surface area contributed by atoms with Gasteiger partial charge in [0.2, 0.25) is 0 Å². The first-order valence-electron chi connectivity index (χ1n) is 5.67. The summed E-state index contributed by atoms with van der Waals surface area (Å²) in [5, 5.41) is 2.24. The van der Waals surface area contributed by atoms with E-state index in [2.05, 4.69) is 5.32 Å². The molecule has 0 unspecified atom stereocenters. The molecule has 20 heavy (non-hydrogen) atoms. The molecular weight excluding hydrogens is 317 g/mol. The van der Waals surface area contributed by atoms with Crippen molar-refractivity contribution in [3.05, 3.63) is 47.5 Å². The highest BCUT2D eigenvalue weighted by Gasteiger charge is 2.18. The molecule has 1 heterocycles. The van der Waals surface area contributed by atoms with Crippen LogP contribution in [0.15, 0.2) is 46.2 Å². The Morgan fingerprint density at radius 1 is 0.850 bits per heavy atom. The molecule has 1 N–H and O–H groups in total. The van der Waals surface area contributed by atoms with E-state index in [1.807, 2.05) is 6.07 Å². The maximum absolute atomic E-state index is 11.2. The molecule has 0 spiro atoms. The predicted octanol–water partition coefficient (Wildman–Crippen LogP) is 4.65. The highest BCUT2D eigenvalue weighted by atomic mass is 35.5. The van der Waals surface area contributed by atoms with E-state index in [1.165, 1.54) is 11.8 Å². The molecule has 1 aliphatic rings. The molecule has 2 aromatic carbocycles. The van der Waals surface area contributed by atoms with Crippen molar-refractivity contribution in [2.24, 2.45) is 0 Å². The van der Waals surface area contributed by atoms with Crippen LogP contribution in [0.4, 0.5) is 11.4 Å². The second kappa shape index (κ2) is 5.13. The third-order valence-corrected chi connectivity index (χ3v) is 4.47. The zero-order valence-electron chi connectivity index (χ0n) is 9.94. The van der Waals surface area contributed by atoms with Crippen molar-refractivity contribution in [2.45, 2.75) is 9.79 Å². The maximum atomic E-state index is 11.2. The number of hydrogen-bond acceptors (Lipinski definition) is 4. The van der Waals surface area contributed by atoms with Gasteiger partial charge >= 0.3 is 0 Å². The average molecular weight is 324 g/mol. The van der Waals surface area contributed by atoms with Crippen LogP contribution in [0, 0.1) is 0 Å². The largest absolute Gasteiger partial charge is 0.354 e. The normalized spacial score (nSPS) is 12.1. The molecule has 0 aromatic heterocycles. The zero-order chi connectivity index (χ0) is 14.3. The van der Waals surface area contributed by atoms with Crippen LogP contribution in [-0.2, 0) is 0 Å². The van der Waals surface area contributed by atoms with Crippen LogP contribution in [0.5, 0.6) is 0 Å². The van der Waals surface area contributed by atoms with Crippen molar-refractivity contribution >= 4 is 56.8 Å². The Morgan fingerprint density at radius 2 is 1.50 bits per heavy atom. The fourth-order valence-electron chi connectivity index (χ4n) is 1.93. The molecule has 1 aliphatic heterocycles. The Bertz CT molecular complexity index is 682. The van der Waals surface area contributed by atoms with E-state index < -0.39 is 10.5 Å². The second-order valence-corrected chi connectivity index (χ2v) is 5.97. The average Bonchev–Trinajstić information content (AvgIpc) is 2.43. The van der Waals surface area contributed by atoms with E-state index in [9.17, 15) is 9.59 Å². The molecule has 0 bridgehead atoms. The zero-order valence-corrected chi connectivity index (χ0v) is 12.3. The molecular formula is C14H7Cl2NO2S. The molecule has 100 valence electrons. The number of anilines is 2. The standard InChI is InChI=1S/C14H7Cl2NO2S/c15-13(18)7-2-4-11-10(5-7)17-9-3-1-8(14(16)19)6-12(9)20-11/h1-6,17H. The van der Waals surface area contributed by atoms with Gasteiger partial charge in [0, 0.05) is 20.9 Å². The van der Waals surface area contributed by atoms with Crippen molar-refractivity contribution in [1.82, 2.24) is 0 Å². The van der Waals surface area contributed by atoms with E-state index >= 15 is 0 Å². The molecule has 3 rings (SSSR count). The van der Waals surface area contributed by atoms with E-state index in [-0.39, 0.29) is 0 Å². The van der Waals surface area contributed by atoms with Gasteiger partial charge in [-0.1, -0.05) is 11.8 Å². The maximum Gasteiger partial charge on any atom is 0.252 e. The summed E-state index contributed by atoms with van der Waals surface area (Å²) < 4.78 is 0. The van der Waals surface area contributed by atoms with Crippen molar-refractivity contribution < 1.29 is 9.59 Å². The fourth-order valence-corrected chi connectivity index (χ4v) is 3.18. The van der Waals surface area contributed by atoms with E-state index in [0.717, 1.165) is 21.2 Å². The summed E-state index contributed by atoms with van der Waals surface area (Å²) in [5.74, 6) is 0. The van der Waals surface area contributed by atoms with Crippen molar-refractivity contribution in [3.8, 4) is 0 Å². The van der Waals surface area contributed by atoms with Crippen LogP contribution in [0.1, 0.15) is 20.7 Å². The topological polar surface area (TPSA) is 46.2 Å². The number of carbonyl (C=O) groups is 2. The first kappa shape index (κ1) is 13.5. The van der Waals surface area contributed by atoms with Crippen molar-refractivity contribution in [3.63, 3.8) is 0 Å². The molecule has 3 nitrogen and oxygen atoms in total. The van der Waals surface area contributed by atoms with Gasteiger partial charge in [-0.15, -0.1) is 0 Å². The van der Waals surface area contributed by atoms with E-state index in [1.54, 1.807) is 30.3 Å². The smallest absolute Gasteiger partial charge is 0.252 e. The highest BCUT2D eigenvalue weighted by Crippen LogP contribution is 2.44. The summed E-state index contributed by atoms with van der Waals surface area (Å²) in [7, 11) is 0. The molecule has 0 atom stereocenters. The minimum Gasteiger partial charge on any atom is -0.354 e. The predicted molar refractivity (Wildman–Crippen MR) is 80.7 cm³/mol. The van der Waals surface area contributed by atoms with Gasteiger partial charge in [-0.3, -0.25) is 9.59 Å². The first-order chi connectivity index (χ1) is 9.54. The number of carbonyl (C=O) groups excluding carboxylic acids is 2. The lowest BCUT2D eigenvalue weighted by molar-refractivity contribution is 0.107. The van der Waals surface area contributed by atoms with Gasteiger partial charge in [-0.2, -0.15) is 0 Å². The minimum absolute atomic E-state index is 0.439. The molecule has 0 saturated carbocycles. The van der Waals surface area contributed by atoms with Crippen LogP contribution < -0.4 is 5.32 Å². The number of halogens is 2. The minimum atomic E-state index is -0.492. The molecule has 2 aromatic rings. The van der Waals surface area contributed by atoms with Gasteiger partial charge in [0.1, 0.15) is 0 Å². The van der Waals surface area contributed by atoms with Gasteiger partial charge in [-0.25, -0.2) is 0 Å². The number of rotatable bonds is 2. The summed E-state index contributed by atoms with van der Waals surface area (Å²) in [5.41, 5.74) is 2.58.